The number of nitrogens with two attached hydrogens (primary N) is 1. The molecular formula is C38H57N10O12P. The molecule has 0 saturated carbocycles. The molecule has 5 heterocycles. The van der Waals surface area contributed by atoms with Crippen LogP contribution in [0.5, 0.6) is 5.75 Å². The molecule has 9 unspecified atom stereocenters. The van der Waals surface area contributed by atoms with Gasteiger partial charge in [-0.3, -0.25) is 32.8 Å². The van der Waals surface area contributed by atoms with Crippen molar-refractivity contribution in [3.63, 3.8) is 0 Å². The normalized spacial score (nSPS) is 24.0. The third-order valence-electron chi connectivity index (χ3n) is 10.5. The van der Waals surface area contributed by atoms with Gasteiger partial charge in [0.05, 0.1) is 38.7 Å². The van der Waals surface area contributed by atoms with Crippen molar-refractivity contribution in [2.75, 3.05) is 59.0 Å². The van der Waals surface area contributed by atoms with Gasteiger partial charge in [0.15, 0.2) is 23.2 Å². The Labute approximate surface area is 352 Å². The number of benzene rings is 1. The number of carbonyl (C=O) groups excluding carboxylic acids is 1. The molecule has 61 heavy (non-hydrogen) atoms. The molecule has 2 aliphatic rings. The fourth-order valence-electron chi connectivity index (χ4n) is 7.01. The van der Waals surface area contributed by atoms with Gasteiger partial charge < -0.3 is 50.2 Å². The van der Waals surface area contributed by atoms with Gasteiger partial charge in [-0.05, 0) is 50.7 Å². The maximum absolute atomic E-state index is 13.4. The van der Waals surface area contributed by atoms with Crippen LogP contribution in [0, 0.1) is 6.92 Å². The Morgan fingerprint density at radius 1 is 1.08 bits per heavy atom. The van der Waals surface area contributed by atoms with Crippen LogP contribution in [0.4, 0.5) is 5.82 Å². The lowest BCUT2D eigenvalue weighted by molar-refractivity contribution is -0.124. The van der Waals surface area contributed by atoms with E-state index in [2.05, 4.69) is 50.9 Å². The standard InChI is InChI=1S/C32H42N9O12P.C6H15N/c1-16-11-40(32(46)38-29(16)44)23-10-20(21(12-42)51-23)53-54(47,48)50-13-22-24(37-30(45)19(33)9-17-5-7-18(49-4)8-6-17)26(43)31(52-22)41-15-36-25-27(39(2)3)34-14-35-28(25)41;1-4-7(5-2)6-3/h5-8,11,14-15,19-24,26,31,42-43H,9-10,12-13,33H2,1-4H3,(H,37,45)(H,47,48)(H,38,44,46);4-6H2,1-3H3. The number of imidazole rings is 1. The van der Waals surface area contributed by atoms with Crippen molar-refractivity contribution in [2.45, 2.75) is 89.5 Å². The molecular weight excluding hydrogens is 819 g/mol. The summed E-state index contributed by atoms with van der Waals surface area (Å²) in [7, 11) is 0.109. The van der Waals surface area contributed by atoms with E-state index in [0.29, 0.717) is 22.7 Å². The summed E-state index contributed by atoms with van der Waals surface area (Å²) in [5.41, 5.74) is 6.57. The van der Waals surface area contributed by atoms with Crippen LogP contribution < -0.4 is 31.9 Å². The summed E-state index contributed by atoms with van der Waals surface area (Å²) >= 11 is 0. The van der Waals surface area contributed by atoms with Crippen LogP contribution >= 0.6 is 7.82 Å². The molecule has 1 aromatic carbocycles. The maximum atomic E-state index is 13.4. The zero-order chi connectivity index (χ0) is 44.6. The van der Waals surface area contributed by atoms with E-state index >= 15 is 0 Å². The molecule has 2 aliphatic heterocycles. The molecule has 0 aliphatic carbocycles. The first-order chi connectivity index (χ1) is 29.0. The average molecular weight is 877 g/mol. The number of fused-ring (bicyclic) bond motifs is 1. The smallest absolute Gasteiger partial charge is 0.472 e. The number of carbonyl (C=O) groups is 1. The summed E-state index contributed by atoms with van der Waals surface area (Å²) in [5.74, 6) is 0.482. The quantitative estimate of drug-likeness (QED) is 0.0773. The van der Waals surface area contributed by atoms with Crippen molar-refractivity contribution in [1.29, 1.82) is 0 Å². The second kappa shape index (κ2) is 21.0. The monoisotopic (exact) mass is 876 g/mol. The van der Waals surface area contributed by atoms with Crippen molar-refractivity contribution in [3.05, 3.63) is 75.1 Å². The SMILES string of the molecule is CCN(CC)CC.COc1ccc(CC(N)C(=O)NC2C(COP(=O)(O)OC3CC(n4cc(C)c(=O)[nH]c4=O)OC3CO)OC(n3cnc4c(N(C)C)ncnc43)C2O)cc1. The van der Waals surface area contributed by atoms with Gasteiger partial charge in [-0.25, -0.2) is 24.3 Å². The number of hydrogen-bond acceptors (Lipinski definition) is 17. The highest BCUT2D eigenvalue weighted by Crippen LogP contribution is 2.49. The Balaban J connectivity index is 0.000000925. The fraction of sp³-hybridized carbons (Fsp3) is 0.579. The van der Waals surface area contributed by atoms with E-state index in [1.54, 1.807) is 43.3 Å². The number of aliphatic hydroxyl groups excluding tert-OH is 2. The lowest BCUT2D eigenvalue weighted by Crippen LogP contribution is -2.53. The number of nitrogens with zero attached hydrogens (tertiary/aromatic N) is 7. The minimum absolute atomic E-state index is 0.140. The van der Waals surface area contributed by atoms with Crippen LogP contribution in [0.15, 0.2) is 52.7 Å². The summed E-state index contributed by atoms with van der Waals surface area (Å²) < 4.78 is 43.7. The number of phosphoric acid groups is 1. The number of H-pyrrole nitrogens is 1. The summed E-state index contributed by atoms with van der Waals surface area (Å²) in [4.78, 5) is 67.8. The zero-order valence-corrected chi connectivity index (χ0v) is 36.2. The van der Waals surface area contributed by atoms with Crippen molar-refractivity contribution < 1.29 is 47.7 Å². The predicted molar refractivity (Wildman–Crippen MR) is 222 cm³/mol. The van der Waals surface area contributed by atoms with Gasteiger partial charge in [0, 0.05) is 32.3 Å². The lowest BCUT2D eigenvalue weighted by Gasteiger charge is -2.25. The first kappa shape index (κ1) is 47.4. The van der Waals surface area contributed by atoms with Crippen molar-refractivity contribution in [3.8, 4) is 5.75 Å². The molecule has 1 amide bonds. The molecule has 0 radical (unpaired) electrons. The number of aromatic amines is 1. The van der Waals surface area contributed by atoms with Gasteiger partial charge in [0.1, 0.15) is 42.7 Å². The Morgan fingerprint density at radius 2 is 1.77 bits per heavy atom. The number of methoxy groups -OCH3 is 1. The third kappa shape index (κ3) is 11.5. The molecule has 2 saturated heterocycles. The highest BCUT2D eigenvalue weighted by molar-refractivity contribution is 7.47. The van der Waals surface area contributed by atoms with Crippen LogP contribution in [-0.2, 0) is 34.3 Å². The molecule has 2 fully saturated rings. The maximum Gasteiger partial charge on any atom is 0.472 e. The van der Waals surface area contributed by atoms with Crippen molar-refractivity contribution in [2.24, 2.45) is 5.73 Å². The number of aromatic nitrogens is 6. The zero-order valence-electron chi connectivity index (χ0n) is 35.3. The van der Waals surface area contributed by atoms with Crippen LogP contribution in [0.25, 0.3) is 11.2 Å². The number of aliphatic hydroxyl groups is 2. The van der Waals surface area contributed by atoms with E-state index in [1.807, 2.05) is 0 Å². The van der Waals surface area contributed by atoms with Crippen LogP contribution in [-0.4, -0.2) is 146 Å². The third-order valence-corrected chi connectivity index (χ3v) is 11.5. The van der Waals surface area contributed by atoms with E-state index < -0.39 is 87.1 Å². The van der Waals surface area contributed by atoms with Gasteiger partial charge in [-0.15, -0.1) is 0 Å². The fourth-order valence-corrected chi connectivity index (χ4v) is 7.97. The number of hydrogen-bond donors (Lipinski definition) is 6. The molecule has 23 heteroatoms. The van der Waals surface area contributed by atoms with E-state index in [9.17, 15) is 34.1 Å². The summed E-state index contributed by atoms with van der Waals surface area (Å²) in [5, 5.41) is 24.3. The molecule has 22 nitrogen and oxygen atoms in total. The second-order valence-corrected chi connectivity index (χ2v) is 16.1. The highest BCUT2D eigenvalue weighted by atomic mass is 31.2. The minimum atomic E-state index is -4.97. The van der Waals surface area contributed by atoms with E-state index in [-0.39, 0.29) is 18.4 Å². The Kier molecular flexibility index (Phi) is 16.3. The summed E-state index contributed by atoms with van der Waals surface area (Å²) in [6, 6.07) is 4.70. The number of phosphoric ester groups is 1. The Bertz CT molecular complexity index is 2230. The largest absolute Gasteiger partial charge is 0.497 e. The first-order valence-electron chi connectivity index (χ1n) is 19.9. The average Bonchev–Trinajstić information content (AvgIpc) is 3.94. The number of anilines is 1. The van der Waals surface area contributed by atoms with Gasteiger partial charge in [-0.1, -0.05) is 32.9 Å². The van der Waals surface area contributed by atoms with Gasteiger partial charge in [0.2, 0.25) is 5.91 Å². The molecule has 4 aromatic rings. The molecule has 3 aromatic heterocycles. The minimum Gasteiger partial charge on any atom is -0.497 e. The Morgan fingerprint density at radius 3 is 2.38 bits per heavy atom. The topological polar surface area (TPSA) is 284 Å². The number of ether oxygens (including phenoxy) is 3. The van der Waals surface area contributed by atoms with E-state index in [4.69, 9.17) is 29.0 Å². The van der Waals surface area contributed by atoms with Crippen molar-refractivity contribution >= 4 is 30.7 Å². The molecule has 0 spiro atoms. The number of nitrogens with one attached hydrogen (secondary N) is 2. The van der Waals surface area contributed by atoms with Gasteiger partial charge >= 0.3 is 13.5 Å². The lowest BCUT2D eigenvalue weighted by atomic mass is 10.0. The molecule has 6 rings (SSSR count). The number of rotatable bonds is 17. The van der Waals surface area contributed by atoms with Crippen LogP contribution in [0.3, 0.4) is 0 Å². The van der Waals surface area contributed by atoms with E-state index in [0.717, 1.165) is 10.1 Å². The highest BCUT2D eigenvalue weighted by Gasteiger charge is 2.48. The first-order valence-corrected chi connectivity index (χ1v) is 21.4. The van der Waals surface area contributed by atoms with Crippen LogP contribution in [0.2, 0.25) is 0 Å². The number of aryl methyl sites for hydroxylation is 1. The van der Waals surface area contributed by atoms with Gasteiger partial charge in [-0.2, -0.15) is 0 Å². The number of amides is 1. The summed E-state index contributed by atoms with van der Waals surface area (Å²) in [6.07, 6.45) is -3.40. The van der Waals surface area contributed by atoms with Gasteiger partial charge in [0.25, 0.3) is 5.56 Å². The summed E-state index contributed by atoms with van der Waals surface area (Å²) in [6.45, 7) is 10.3. The molecule has 9 atom stereocenters. The molecule has 336 valence electrons. The van der Waals surface area contributed by atoms with E-state index in [1.165, 1.54) is 57.1 Å². The molecule has 7 N–H and O–H groups in total. The van der Waals surface area contributed by atoms with Crippen LogP contribution in [0.1, 0.15) is 50.8 Å². The predicted octanol–water partition coefficient (Wildman–Crippen LogP) is 0.203. The molecule has 0 bridgehead atoms. The van der Waals surface area contributed by atoms with Crippen molar-refractivity contribution in [1.82, 2.24) is 39.3 Å². The second-order valence-electron chi connectivity index (χ2n) is 14.7. The Hall–Kier alpha value is -4.61.